The van der Waals surface area contributed by atoms with Crippen LogP contribution in [-0.4, -0.2) is 0 Å². The van der Waals surface area contributed by atoms with Gasteiger partial charge in [-0.25, -0.2) is 0 Å². The van der Waals surface area contributed by atoms with E-state index in [4.69, 9.17) is 0 Å². The molecule has 0 saturated carbocycles. The first kappa shape index (κ1) is 26.7. The van der Waals surface area contributed by atoms with Crippen molar-refractivity contribution < 1.29 is 18.6 Å². The second-order valence-corrected chi connectivity index (χ2v) is 3.46. The third kappa shape index (κ3) is 5.86. The van der Waals surface area contributed by atoms with E-state index in [0.29, 0.717) is 0 Å². The molecule has 0 saturated heterocycles. The van der Waals surface area contributed by atoms with E-state index in [1.807, 2.05) is 0 Å². The summed E-state index contributed by atoms with van der Waals surface area (Å²) in [5, 5.41) is 0. The van der Waals surface area contributed by atoms with Gasteiger partial charge in [0.15, 0.2) is 0 Å². The molecule has 2 rings (SSSR count). The Morgan fingerprint density at radius 2 is 1.50 bits per heavy atom. The van der Waals surface area contributed by atoms with Gasteiger partial charge in [-0.1, -0.05) is 49.6 Å². The predicted octanol–water partition coefficient (Wildman–Crippen LogP) is 5.16. The first-order chi connectivity index (χ1) is 6.29. The minimum Gasteiger partial charge on any atom is -0.358 e. The minimum atomic E-state index is 0. The van der Waals surface area contributed by atoms with Crippen LogP contribution in [0.25, 0.3) is 5.57 Å². The average Bonchev–Trinajstić information content (AvgIpc) is 2.57. The summed E-state index contributed by atoms with van der Waals surface area (Å²) in [6.45, 7) is 4.31. The van der Waals surface area contributed by atoms with Crippen molar-refractivity contribution in [2.24, 2.45) is 0 Å². The molecule has 0 atom stereocenters. The van der Waals surface area contributed by atoms with E-state index < -0.39 is 0 Å². The van der Waals surface area contributed by atoms with E-state index in [9.17, 15) is 0 Å². The molecule has 0 unspecified atom stereocenters. The van der Waals surface area contributed by atoms with Crippen LogP contribution >= 0.6 is 37.2 Å². The van der Waals surface area contributed by atoms with Crippen LogP contribution in [0, 0.1) is 27.4 Å². The fourth-order valence-corrected chi connectivity index (χ4v) is 1.82. The van der Waals surface area contributed by atoms with Crippen molar-refractivity contribution in [2.45, 2.75) is 20.3 Å². The monoisotopic (exact) mass is 343 g/mol. The predicted molar refractivity (Wildman–Crippen MR) is 84.5 cm³/mol. The van der Waals surface area contributed by atoms with Crippen LogP contribution in [0.15, 0.2) is 30.4 Å². The fraction of sp³-hybridized carbons (Fsp3) is 0.214. The van der Waals surface area contributed by atoms with E-state index in [1.165, 1.54) is 22.3 Å². The standard InChI is InChI=1S/C13H13.CH3.3ClH.V/c1-10-6-5-7-11(2)13(10)12-8-3-4-9-12;;;;;/h3,5-8H,4H2,1-2H3;1H3;3*1H;/q2*-1;;;;+2. The maximum Gasteiger partial charge on any atom is 2.00 e. The number of halogens is 3. The number of benzene rings is 1. The summed E-state index contributed by atoms with van der Waals surface area (Å²) in [5.74, 6) is 0. The minimum absolute atomic E-state index is 0. The van der Waals surface area contributed by atoms with Gasteiger partial charge in [0, 0.05) is 0 Å². The van der Waals surface area contributed by atoms with Crippen LogP contribution in [0.4, 0.5) is 0 Å². The molecule has 101 valence electrons. The van der Waals surface area contributed by atoms with Gasteiger partial charge in [-0.3, -0.25) is 0 Å². The van der Waals surface area contributed by atoms with Crippen LogP contribution in [0.5, 0.6) is 0 Å². The molecular weight excluding hydrogens is 325 g/mol. The topological polar surface area (TPSA) is 0 Å². The van der Waals surface area contributed by atoms with Crippen molar-refractivity contribution in [2.75, 3.05) is 0 Å². The Hall–Kier alpha value is 0.154. The van der Waals surface area contributed by atoms with Gasteiger partial charge in [-0.15, -0.1) is 48.9 Å². The molecule has 0 N–H and O–H groups in total. The molecule has 0 amide bonds. The molecule has 18 heavy (non-hydrogen) atoms. The van der Waals surface area contributed by atoms with Crippen molar-refractivity contribution in [3.05, 3.63) is 60.5 Å². The Morgan fingerprint density at radius 3 is 1.89 bits per heavy atom. The Bertz CT molecular complexity index is 378. The molecular formula is C14H19Cl3V. The van der Waals surface area contributed by atoms with Crippen molar-refractivity contribution in [3.63, 3.8) is 0 Å². The Balaban J connectivity index is -0.000000196. The molecule has 1 aromatic carbocycles. The van der Waals surface area contributed by atoms with E-state index in [1.54, 1.807) is 0 Å². The summed E-state index contributed by atoms with van der Waals surface area (Å²) >= 11 is 0. The van der Waals surface area contributed by atoms with Gasteiger partial charge in [0.05, 0.1) is 0 Å². The summed E-state index contributed by atoms with van der Waals surface area (Å²) in [7, 11) is 0. The summed E-state index contributed by atoms with van der Waals surface area (Å²) in [6.07, 6.45) is 8.64. The van der Waals surface area contributed by atoms with Crippen LogP contribution in [0.2, 0.25) is 0 Å². The molecule has 0 spiro atoms. The Morgan fingerprint density at radius 1 is 1.00 bits per heavy atom. The average molecular weight is 345 g/mol. The Kier molecular flexibility index (Phi) is 18.1. The van der Waals surface area contributed by atoms with Crippen molar-refractivity contribution in [1.29, 1.82) is 0 Å². The smallest absolute Gasteiger partial charge is 0.358 e. The zero-order valence-electron chi connectivity index (χ0n) is 10.8. The summed E-state index contributed by atoms with van der Waals surface area (Å²) in [4.78, 5) is 0. The first-order valence-electron chi connectivity index (χ1n) is 4.63. The maximum absolute atomic E-state index is 3.36. The molecule has 4 heteroatoms. The molecule has 0 nitrogen and oxygen atoms in total. The second-order valence-electron chi connectivity index (χ2n) is 3.46. The Labute approximate surface area is 141 Å². The number of rotatable bonds is 1. The molecule has 0 bridgehead atoms. The summed E-state index contributed by atoms with van der Waals surface area (Å²) < 4.78 is 0. The number of allylic oxidation sites excluding steroid dienone is 4. The molecule has 0 heterocycles. The zero-order chi connectivity index (χ0) is 9.26. The largest absolute Gasteiger partial charge is 2.00 e. The van der Waals surface area contributed by atoms with Gasteiger partial charge in [0.2, 0.25) is 0 Å². The van der Waals surface area contributed by atoms with Gasteiger partial charge in [-0.2, -0.15) is 17.7 Å². The molecule has 0 aliphatic heterocycles. The SMILES string of the molecule is Cc1cccc(C)c1C1=[C-]CC=C1.Cl.Cl.Cl.[CH3-].[V+2]. The van der Waals surface area contributed by atoms with Gasteiger partial charge >= 0.3 is 18.6 Å². The molecule has 0 aromatic heterocycles. The molecule has 1 aromatic rings. The molecule has 0 fully saturated rings. The third-order valence-corrected chi connectivity index (χ3v) is 2.45. The fourth-order valence-electron chi connectivity index (χ4n) is 1.82. The van der Waals surface area contributed by atoms with E-state index >= 15 is 0 Å². The number of aryl methyl sites for hydroxylation is 2. The van der Waals surface area contributed by atoms with Crippen molar-refractivity contribution in [3.8, 4) is 0 Å². The van der Waals surface area contributed by atoms with Crippen LogP contribution < -0.4 is 0 Å². The normalized spacial score (nSPS) is 10.7. The zero-order valence-corrected chi connectivity index (χ0v) is 14.6. The maximum atomic E-state index is 3.36. The van der Waals surface area contributed by atoms with Crippen molar-refractivity contribution >= 4 is 42.8 Å². The first-order valence-corrected chi connectivity index (χ1v) is 4.63. The number of hydrogen-bond donors (Lipinski definition) is 0. The van der Waals surface area contributed by atoms with Crippen LogP contribution in [-0.2, 0) is 18.6 Å². The van der Waals surface area contributed by atoms with Crippen LogP contribution in [0.1, 0.15) is 23.1 Å². The van der Waals surface area contributed by atoms with Gasteiger partial charge in [0.1, 0.15) is 0 Å². The quantitative estimate of drug-likeness (QED) is 0.617. The van der Waals surface area contributed by atoms with Gasteiger partial charge < -0.3 is 7.43 Å². The van der Waals surface area contributed by atoms with Crippen LogP contribution in [0.3, 0.4) is 0 Å². The van der Waals surface area contributed by atoms with E-state index in [2.05, 4.69) is 50.3 Å². The van der Waals surface area contributed by atoms with E-state index in [-0.39, 0.29) is 63.2 Å². The third-order valence-electron chi connectivity index (χ3n) is 2.45. The number of hydrogen-bond acceptors (Lipinski definition) is 0. The summed E-state index contributed by atoms with van der Waals surface area (Å²) in [6, 6.07) is 6.42. The van der Waals surface area contributed by atoms with E-state index in [0.717, 1.165) is 6.42 Å². The molecule has 1 radical (unpaired) electrons. The van der Waals surface area contributed by atoms with Gasteiger partial charge in [-0.05, 0) is 0 Å². The summed E-state index contributed by atoms with van der Waals surface area (Å²) in [5.41, 5.74) is 5.30. The molecule has 1 aliphatic rings. The second kappa shape index (κ2) is 12.2. The van der Waals surface area contributed by atoms with Gasteiger partial charge in [0.25, 0.3) is 0 Å². The molecule has 1 aliphatic carbocycles. The van der Waals surface area contributed by atoms with Crippen molar-refractivity contribution in [1.82, 2.24) is 0 Å².